The lowest BCUT2D eigenvalue weighted by Crippen LogP contribution is -2.32. The number of nitrogens with one attached hydrogen (secondary N) is 1. The molecular formula is C12H17NO5S. The Morgan fingerprint density at radius 3 is 2.42 bits per heavy atom. The SMILES string of the molecule is COC(=O)[C@H](CCS(=O)(=O)O)Nc1ccc(C)cc1. The Kier molecular flexibility index (Phi) is 5.31. The second-order valence-corrected chi connectivity index (χ2v) is 5.73. The van der Waals surface area contributed by atoms with Crippen LogP contribution in [-0.4, -0.2) is 37.8 Å². The number of esters is 1. The molecule has 106 valence electrons. The summed E-state index contributed by atoms with van der Waals surface area (Å²) in [7, 11) is -2.89. The zero-order chi connectivity index (χ0) is 14.5. The molecule has 0 aliphatic carbocycles. The normalized spacial score (nSPS) is 12.8. The van der Waals surface area contributed by atoms with Crippen molar-refractivity contribution >= 4 is 21.8 Å². The molecule has 1 aromatic rings. The van der Waals surface area contributed by atoms with E-state index in [2.05, 4.69) is 10.1 Å². The van der Waals surface area contributed by atoms with Gasteiger partial charge in [0.15, 0.2) is 0 Å². The van der Waals surface area contributed by atoms with E-state index in [0.717, 1.165) is 5.56 Å². The molecule has 2 N–H and O–H groups in total. The van der Waals surface area contributed by atoms with E-state index in [1.54, 1.807) is 12.1 Å². The number of rotatable bonds is 6. The lowest BCUT2D eigenvalue weighted by Gasteiger charge is -2.17. The second-order valence-electron chi connectivity index (χ2n) is 4.16. The van der Waals surface area contributed by atoms with Crippen molar-refractivity contribution in [2.75, 3.05) is 18.2 Å². The summed E-state index contributed by atoms with van der Waals surface area (Å²) in [5, 5.41) is 2.88. The summed E-state index contributed by atoms with van der Waals surface area (Å²) in [6.07, 6.45) is -0.0701. The minimum atomic E-state index is -4.11. The Hall–Kier alpha value is -1.60. The molecule has 1 aromatic carbocycles. The molecule has 0 aliphatic heterocycles. The molecule has 0 aliphatic rings. The minimum absolute atomic E-state index is 0.0701. The molecule has 0 aromatic heterocycles. The molecule has 0 amide bonds. The quantitative estimate of drug-likeness (QED) is 0.604. The van der Waals surface area contributed by atoms with Gasteiger partial charge < -0.3 is 10.1 Å². The number of aryl methyl sites for hydroxylation is 1. The molecular weight excluding hydrogens is 270 g/mol. The maximum Gasteiger partial charge on any atom is 0.328 e. The monoisotopic (exact) mass is 287 g/mol. The number of benzene rings is 1. The standard InChI is InChI=1S/C12H17NO5S/c1-9-3-5-10(6-4-9)13-11(12(14)18-2)7-8-19(15,16)17/h3-6,11,13H,7-8H2,1-2H3,(H,15,16,17)/t11-/m0/s1. The maximum atomic E-state index is 11.5. The Morgan fingerprint density at radius 2 is 1.95 bits per heavy atom. The minimum Gasteiger partial charge on any atom is -0.467 e. The van der Waals surface area contributed by atoms with Crippen LogP contribution in [0.5, 0.6) is 0 Å². The Morgan fingerprint density at radius 1 is 1.37 bits per heavy atom. The number of carbonyl (C=O) groups excluding carboxylic acids is 1. The van der Waals surface area contributed by atoms with Gasteiger partial charge in [-0.2, -0.15) is 8.42 Å². The molecule has 6 nitrogen and oxygen atoms in total. The number of hydrogen-bond donors (Lipinski definition) is 2. The van der Waals surface area contributed by atoms with Crippen molar-refractivity contribution in [2.24, 2.45) is 0 Å². The first-order chi connectivity index (χ1) is 8.81. The largest absolute Gasteiger partial charge is 0.467 e. The molecule has 0 bridgehead atoms. The fourth-order valence-corrected chi connectivity index (χ4v) is 2.04. The smallest absolute Gasteiger partial charge is 0.328 e. The number of methoxy groups -OCH3 is 1. The summed E-state index contributed by atoms with van der Waals surface area (Å²) in [5.74, 6) is -1.09. The highest BCUT2D eigenvalue weighted by Crippen LogP contribution is 2.12. The van der Waals surface area contributed by atoms with Crippen molar-refractivity contribution in [3.8, 4) is 0 Å². The van der Waals surface area contributed by atoms with Crippen LogP contribution in [0.25, 0.3) is 0 Å². The molecule has 1 rings (SSSR count). The molecule has 0 radical (unpaired) electrons. The van der Waals surface area contributed by atoms with E-state index in [1.165, 1.54) is 7.11 Å². The summed E-state index contributed by atoms with van der Waals surface area (Å²) in [6, 6.07) is 6.45. The van der Waals surface area contributed by atoms with Crippen LogP contribution in [0, 0.1) is 6.92 Å². The molecule has 0 heterocycles. The third-order valence-electron chi connectivity index (χ3n) is 2.54. The summed E-state index contributed by atoms with van der Waals surface area (Å²) in [4.78, 5) is 11.5. The van der Waals surface area contributed by atoms with Crippen molar-refractivity contribution in [2.45, 2.75) is 19.4 Å². The van der Waals surface area contributed by atoms with E-state index in [1.807, 2.05) is 19.1 Å². The highest BCUT2D eigenvalue weighted by molar-refractivity contribution is 7.85. The Balaban J connectivity index is 2.74. The average molecular weight is 287 g/mol. The second kappa shape index (κ2) is 6.53. The average Bonchev–Trinajstić information content (AvgIpc) is 2.34. The van der Waals surface area contributed by atoms with Crippen LogP contribution in [0.15, 0.2) is 24.3 Å². The maximum absolute atomic E-state index is 11.5. The van der Waals surface area contributed by atoms with E-state index in [9.17, 15) is 13.2 Å². The van der Waals surface area contributed by atoms with Crippen molar-refractivity contribution in [1.29, 1.82) is 0 Å². The van der Waals surface area contributed by atoms with Crippen LogP contribution in [0.4, 0.5) is 5.69 Å². The van der Waals surface area contributed by atoms with Gasteiger partial charge >= 0.3 is 5.97 Å². The lowest BCUT2D eigenvalue weighted by molar-refractivity contribution is -0.141. The molecule has 1 atom stereocenters. The van der Waals surface area contributed by atoms with E-state index < -0.39 is 27.9 Å². The zero-order valence-corrected chi connectivity index (χ0v) is 11.6. The summed E-state index contributed by atoms with van der Waals surface area (Å²) >= 11 is 0. The molecule has 19 heavy (non-hydrogen) atoms. The topological polar surface area (TPSA) is 92.7 Å². The van der Waals surface area contributed by atoms with Crippen molar-refractivity contribution in [1.82, 2.24) is 0 Å². The fourth-order valence-electron chi connectivity index (χ4n) is 1.51. The lowest BCUT2D eigenvalue weighted by atomic mass is 10.2. The highest BCUT2D eigenvalue weighted by atomic mass is 32.2. The van der Waals surface area contributed by atoms with Gasteiger partial charge in [0.25, 0.3) is 10.1 Å². The van der Waals surface area contributed by atoms with Gasteiger partial charge in [0.1, 0.15) is 6.04 Å². The van der Waals surface area contributed by atoms with Gasteiger partial charge in [-0.15, -0.1) is 0 Å². The molecule has 0 saturated carbocycles. The fraction of sp³-hybridized carbons (Fsp3) is 0.417. The van der Waals surface area contributed by atoms with Crippen LogP contribution < -0.4 is 5.32 Å². The third-order valence-corrected chi connectivity index (χ3v) is 3.29. The first-order valence-corrected chi connectivity index (χ1v) is 7.29. The van der Waals surface area contributed by atoms with Gasteiger partial charge in [0.05, 0.1) is 12.9 Å². The predicted molar refractivity (Wildman–Crippen MR) is 71.6 cm³/mol. The van der Waals surface area contributed by atoms with E-state index in [0.29, 0.717) is 5.69 Å². The van der Waals surface area contributed by atoms with Crippen LogP contribution in [0.1, 0.15) is 12.0 Å². The molecule has 7 heteroatoms. The number of ether oxygens (including phenoxy) is 1. The highest BCUT2D eigenvalue weighted by Gasteiger charge is 2.21. The first-order valence-electron chi connectivity index (χ1n) is 5.68. The number of anilines is 1. The molecule has 0 unspecified atom stereocenters. The third kappa shape index (κ3) is 5.71. The van der Waals surface area contributed by atoms with Crippen LogP contribution in [0.2, 0.25) is 0 Å². The van der Waals surface area contributed by atoms with Crippen LogP contribution >= 0.6 is 0 Å². The predicted octanol–water partition coefficient (Wildman–Crippen LogP) is 1.23. The summed E-state index contributed by atoms with van der Waals surface area (Å²) in [5.41, 5.74) is 1.74. The van der Waals surface area contributed by atoms with E-state index in [-0.39, 0.29) is 6.42 Å². The van der Waals surface area contributed by atoms with Gasteiger partial charge in [-0.3, -0.25) is 4.55 Å². The molecule has 0 saturated heterocycles. The van der Waals surface area contributed by atoms with E-state index in [4.69, 9.17) is 4.55 Å². The Labute approximate surface area is 112 Å². The van der Waals surface area contributed by atoms with Gasteiger partial charge in [0, 0.05) is 5.69 Å². The van der Waals surface area contributed by atoms with Gasteiger partial charge in [-0.25, -0.2) is 4.79 Å². The first kappa shape index (κ1) is 15.5. The summed E-state index contributed by atoms with van der Waals surface area (Å²) in [6.45, 7) is 1.93. The van der Waals surface area contributed by atoms with Gasteiger partial charge in [-0.05, 0) is 25.5 Å². The zero-order valence-electron chi connectivity index (χ0n) is 10.8. The number of hydrogen-bond acceptors (Lipinski definition) is 5. The van der Waals surface area contributed by atoms with Crippen LogP contribution in [0.3, 0.4) is 0 Å². The number of carbonyl (C=O) groups is 1. The molecule has 0 spiro atoms. The van der Waals surface area contributed by atoms with Crippen LogP contribution in [-0.2, 0) is 19.6 Å². The molecule has 0 fully saturated rings. The van der Waals surface area contributed by atoms with Gasteiger partial charge in [-0.1, -0.05) is 17.7 Å². The van der Waals surface area contributed by atoms with Crippen molar-refractivity contribution < 1.29 is 22.5 Å². The van der Waals surface area contributed by atoms with Gasteiger partial charge in [0.2, 0.25) is 0 Å². The van der Waals surface area contributed by atoms with E-state index >= 15 is 0 Å². The van der Waals surface area contributed by atoms with Crippen molar-refractivity contribution in [3.05, 3.63) is 29.8 Å². The van der Waals surface area contributed by atoms with Crippen molar-refractivity contribution in [3.63, 3.8) is 0 Å². The Bertz CT molecular complexity index is 524. The summed E-state index contributed by atoms with van der Waals surface area (Å²) < 4.78 is 34.8.